The van der Waals surface area contributed by atoms with Crippen LogP contribution < -0.4 is 0 Å². The summed E-state index contributed by atoms with van der Waals surface area (Å²) in [6.45, 7) is 7.52. The van der Waals surface area contributed by atoms with Gasteiger partial charge in [0, 0.05) is 6.54 Å². The molecule has 20 heavy (non-hydrogen) atoms. The van der Waals surface area contributed by atoms with Crippen molar-refractivity contribution in [3.05, 3.63) is 12.2 Å². The SMILES string of the molecule is CCOC(=O)[C@@H]1[C@@H]2C=C[C@]3(CN(CC(C)C)C(=O)[C@H]13)O2. The van der Waals surface area contributed by atoms with E-state index in [1.807, 2.05) is 17.1 Å². The lowest BCUT2D eigenvalue weighted by atomic mass is 9.77. The summed E-state index contributed by atoms with van der Waals surface area (Å²) in [6, 6.07) is 0. The number of ether oxygens (including phenoxy) is 2. The number of fused-ring (bicyclic) bond motifs is 1. The fraction of sp³-hybridized carbons (Fsp3) is 0.733. The van der Waals surface area contributed by atoms with Crippen LogP contribution in [0.15, 0.2) is 12.2 Å². The number of nitrogens with zero attached hydrogens (tertiary/aromatic N) is 1. The maximum absolute atomic E-state index is 12.6. The third kappa shape index (κ3) is 1.79. The van der Waals surface area contributed by atoms with Crippen LogP contribution in [0.4, 0.5) is 0 Å². The molecular weight excluding hydrogens is 258 g/mol. The van der Waals surface area contributed by atoms with Crippen molar-refractivity contribution in [3.63, 3.8) is 0 Å². The molecule has 0 aromatic rings. The van der Waals surface area contributed by atoms with Crippen LogP contribution >= 0.6 is 0 Å². The van der Waals surface area contributed by atoms with Gasteiger partial charge in [0.1, 0.15) is 11.5 Å². The molecule has 3 aliphatic heterocycles. The third-order valence-electron chi connectivity index (χ3n) is 4.32. The first kappa shape index (κ1) is 13.6. The van der Waals surface area contributed by atoms with Crippen LogP contribution in [0.3, 0.4) is 0 Å². The van der Waals surface area contributed by atoms with Crippen molar-refractivity contribution in [2.24, 2.45) is 17.8 Å². The van der Waals surface area contributed by atoms with Crippen LogP contribution in [-0.2, 0) is 19.1 Å². The van der Waals surface area contributed by atoms with Crippen molar-refractivity contribution in [3.8, 4) is 0 Å². The molecule has 0 radical (unpaired) electrons. The first-order valence-corrected chi connectivity index (χ1v) is 7.31. The molecule has 3 heterocycles. The maximum Gasteiger partial charge on any atom is 0.312 e. The van der Waals surface area contributed by atoms with Crippen molar-refractivity contribution < 1.29 is 19.1 Å². The molecular formula is C15H21NO4. The van der Waals surface area contributed by atoms with E-state index in [9.17, 15) is 9.59 Å². The van der Waals surface area contributed by atoms with Crippen LogP contribution in [0.1, 0.15) is 20.8 Å². The summed E-state index contributed by atoms with van der Waals surface area (Å²) >= 11 is 0. The van der Waals surface area contributed by atoms with Gasteiger partial charge < -0.3 is 14.4 Å². The zero-order valence-corrected chi connectivity index (χ0v) is 12.2. The summed E-state index contributed by atoms with van der Waals surface area (Å²) < 4.78 is 11.1. The fourth-order valence-corrected chi connectivity index (χ4v) is 3.68. The van der Waals surface area contributed by atoms with E-state index in [4.69, 9.17) is 9.47 Å². The van der Waals surface area contributed by atoms with Gasteiger partial charge in [-0.15, -0.1) is 0 Å². The second-order valence-electron chi connectivity index (χ2n) is 6.26. The van der Waals surface area contributed by atoms with E-state index in [1.54, 1.807) is 6.92 Å². The summed E-state index contributed by atoms with van der Waals surface area (Å²) in [4.78, 5) is 26.6. The molecule has 5 nitrogen and oxygen atoms in total. The Morgan fingerprint density at radius 3 is 3.00 bits per heavy atom. The zero-order valence-electron chi connectivity index (χ0n) is 12.2. The van der Waals surface area contributed by atoms with Gasteiger partial charge in [0.2, 0.25) is 5.91 Å². The van der Waals surface area contributed by atoms with Crippen LogP contribution in [0.5, 0.6) is 0 Å². The lowest BCUT2D eigenvalue weighted by Crippen LogP contribution is -2.40. The van der Waals surface area contributed by atoms with Gasteiger partial charge in [-0.3, -0.25) is 9.59 Å². The van der Waals surface area contributed by atoms with Crippen LogP contribution in [-0.4, -0.2) is 48.2 Å². The summed E-state index contributed by atoms with van der Waals surface area (Å²) in [7, 11) is 0. The Labute approximate surface area is 118 Å². The minimum Gasteiger partial charge on any atom is -0.466 e. The molecule has 0 aromatic heterocycles. The van der Waals surface area contributed by atoms with E-state index < -0.39 is 17.4 Å². The molecule has 5 heteroatoms. The van der Waals surface area contributed by atoms with Crippen molar-refractivity contribution >= 4 is 11.9 Å². The maximum atomic E-state index is 12.6. The Morgan fingerprint density at radius 2 is 2.35 bits per heavy atom. The average molecular weight is 279 g/mol. The van der Waals surface area contributed by atoms with Gasteiger partial charge in [0.05, 0.1) is 25.2 Å². The minimum absolute atomic E-state index is 0.0311. The smallest absolute Gasteiger partial charge is 0.312 e. The number of carbonyl (C=O) groups is 2. The number of carbonyl (C=O) groups excluding carboxylic acids is 2. The normalized spacial score (nSPS) is 37.9. The monoisotopic (exact) mass is 279 g/mol. The molecule has 0 N–H and O–H groups in total. The Kier molecular flexibility index (Phi) is 3.12. The van der Waals surface area contributed by atoms with Crippen LogP contribution in [0.2, 0.25) is 0 Å². The minimum atomic E-state index is -0.603. The van der Waals surface area contributed by atoms with Crippen molar-refractivity contribution in [2.45, 2.75) is 32.5 Å². The molecule has 1 spiro atoms. The predicted molar refractivity (Wildman–Crippen MR) is 71.8 cm³/mol. The Balaban J connectivity index is 1.87. The van der Waals surface area contributed by atoms with Crippen molar-refractivity contribution in [1.82, 2.24) is 4.90 Å². The average Bonchev–Trinajstić information content (AvgIpc) is 2.98. The molecule has 2 saturated heterocycles. The Bertz CT molecular complexity index is 472. The quantitative estimate of drug-likeness (QED) is 0.569. The van der Waals surface area contributed by atoms with Crippen molar-refractivity contribution in [2.75, 3.05) is 19.7 Å². The van der Waals surface area contributed by atoms with Crippen LogP contribution in [0.25, 0.3) is 0 Å². The molecule has 4 atom stereocenters. The highest BCUT2D eigenvalue weighted by molar-refractivity contribution is 5.91. The van der Waals surface area contributed by atoms with Gasteiger partial charge in [0.25, 0.3) is 0 Å². The van der Waals surface area contributed by atoms with E-state index in [-0.39, 0.29) is 18.0 Å². The first-order valence-electron chi connectivity index (χ1n) is 7.31. The number of hydrogen-bond acceptors (Lipinski definition) is 4. The lowest BCUT2D eigenvalue weighted by molar-refractivity contribution is -0.153. The second kappa shape index (κ2) is 4.58. The highest BCUT2D eigenvalue weighted by atomic mass is 16.6. The molecule has 2 bridgehead atoms. The standard InChI is InChI=1S/C15H21NO4/c1-4-19-14(18)11-10-5-6-15(20-10)8-16(7-9(2)3)13(17)12(11)15/h5-6,9-12H,4,7-8H2,1-3H3/t10-,11+,12-,15+/m0/s1. The predicted octanol–water partition coefficient (Wildman–Crippen LogP) is 0.987. The second-order valence-corrected chi connectivity index (χ2v) is 6.26. The first-order chi connectivity index (χ1) is 9.48. The Hall–Kier alpha value is -1.36. The fourth-order valence-electron chi connectivity index (χ4n) is 3.68. The van der Waals surface area contributed by atoms with Crippen molar-refractivity contribution in [1.29, 1.82) is 0 Å². The molecule has 3 rings (SSSR count). The van der Waals surface area contributed by atoms with Gasteiger partial charge in [-0.05, 0) is 12.8 Å². The highest BCUT2D eigenvalue weighted by Gasteiger charge is 2.67. The molecule has 0 unspecified atom stereocenters. The summed E-state index contributed by atoms with van der Waals surface area (Å²) in [5.74, 6) is -0.770. The van der Waals surface area contributed by atoms with E-state index in [2.05, 4.69) is 13.8 Å². The molecule has 110 valence electrons. The van der Waals surface area contributed by atoms with E-state index >= 15 is 0 Å². The third-order valence-corrected chi connectivity index (χ3v) is 4.32. The molecule has 2 fully saturated rings. The molecule has 1 amide bonds. The zero-order chi connectivity index (χ0) is 14.5. The molecule has 0 saturated carbocycles. The molecule has 0 aromatic carbocycles. The highest BCUT2D eigenvalue weighted by Crippen LogP contribution is 2.52. The summed E-state index contributed by atoms with van der Waals surface area (Å²) in [6.07, 6.45) is 3.57. The largest absolute Gasteiger partial charge is 0.466 e. The van der Waals surface area contributed by atoms with Gasteiger partial charge in [-0.1, -0.05) is 26.0 Å². The van der Waals surface area contributed by atoms with Gasteiger partial charge in [-0.25, -0.2) is 0 Å². The van der Waals surface area contributed by atoms with Gasteiger partial charge in [0.15, 0.2) is 0 Å². The molecule has 0 aliphatic carbocycles. The number of likely N-dealkylation sites (tertiary alicyclic amines) is 1. The number of esters is 1. The van der Waals surface area contributed by atoms with E-state index in [0.29, 0.717) is 25.6 Å². The van der Waals surface area contributed by atoms with Gasteiger partial charge in [-0.2, -0.15) is 0 Å². The van der Waals surface area contributed by atoms with E-state index in [1.165, 1.54) is 0 Å². The molecule has 3 aliphatic rings. The number of amides is 1. The lowest BCUT2D eigenvalue weighted by Gasteiger charge is -2.22. The topological polar surface area (TPSA) is 55.8 Å². The summed E-state index contributed by atoms with van der Waals surface area (Å²) in [5, 5.41) is 0. The number of hydrogen-bond donors (Lipinski definition) is 0. The summed E-state index contributed by atoms with van der Waals surface area (Å²) in [5.41, 5.74) is -0.603. The number of rotatable bonds is 4. The Morgan fingerprint density at radius 1 is 1.60 bits per heavy atom. The van der Waals surface area contributed by atoms with E-state index in [0.717, 1.165) is 0 Å². The van der Waals surface area contributed by atoms with Gasteiger partial charge >= 0.3 is 5.97 Å². The van der Waals surface area contributed by atoms with Crippen LogP contribution in [0, 0.1) is 17.8 Å².